The Kier molecular flexibility index (Phi) is 7.28. The summed E-state index contributed by atoms with van der Waals surface area (Å²) in [6, 6.07) is 1.65. The van der Waals surface area contributed by atoms with Gasteiger partial charge in [-0.15, -0.1) is 0 Å². The predicted octanol–water partition coefficient (Wildman–Crippen LogP) is 3.31. The lowest BCUT2D eigenvalue weighted by Gasteiger charge is -2.42. The molecule has 0 saturated carbocycles. The van der Waals surface area contributed by atoms with Gasteiger partial charge in [0.15, 0.2) is 9.84 Å². The number of piperidine rings is 2. The fourth-order valence-electron chi connectivity index (χ4n) is 4.58. The van der Waals surface area contributed by atoms with Gasteiger partial charge in [-0.25, -0.2) is 22.8 Å². The van der Waals surface area contributed by atoms with Gasteiger partial charge in [-0.1, -0.05) is 18.5 Å². The number of anilines is 2. The fraction of sp³-hybridized carbons (Fsp3) is 0.522. The van der Waals surface area contributed by atoms with Crippen LogP contribution in [0.25, 0.3) is 0 Å². The van der Waals surface area contributed by atoms with Crippen molar-refractivity contribution in [3.63, 3.8) is 0 Å². The van der Waals surface area contributed by atoms with Gasteiger partial charge in [-0.3, -0.25) is 4.79 Å². The summed E-state index contributed by atoms with van der Waals surface area (Å²) < 4.78 is 38.2. The van der Waals surface area contributed by atoms with Crippen LogP contribution in [0.4, 0.5) is 16.0 Å². The van der Waals surface area contributed by atoms with E-state index in [1.807, 2.05) is 17.3 Å². The average Bonchev–Trinajstić information content (AvgIpc) is 2.82. The third-order valence-electron chi connectivity index (χ3n) is 6.51. The smallest absolute Gasteiger partial charge is 0.245 e. The first-order valence-corrected chi connectivity index (χ1v) is 13.8. The van der Waals surface area contributed by atoms with Gasteiger partial charge >= 0.3 is 0 Å². The third kappa shape index (κ3) is 5.27. The summed E-state index contributed by atoms with van der Waals surface area (Å²) in [6.45, 7) is 4.25. The summed E-state index contributed by atoms with van der Waals surface area (Å²) in [6.07, 6.45) is 8.55. The Morgan fingerprint density at radius 3 is 2.44 bits per heavy atom. The van der Waals surface area contributed by atoms with E-state index < -0.39 is 21.7 Å². The van der Waals surface area contributed by atoms with Crippen LogP contribution in [0, 0.1) is 5.82 Å². The van der Waals surface area contributed by atoms with Gasteiger partial charge in [-0.05, 0) is 49.8 Å². The number of likely N-dealkylation sites (tertiary alicyclic amines) is 1. The largest absolute Gasteiger partial charge is 0.371 e. The Balaban J connectivity index is 1.40. The molecule has 1 atom stereocenters. The molecule has 2 aliphatic heterocycles. The van der Waals surface area contributed by atoms with E-state index in [9.17, 15) is 17.6 Å². The van der Waals surface area contributed by atoms with Crippen LogP contribution in [0.2, 0.25) is 5.02 Å². The number of halogens is 2. The van der Waals surface area contributed by atoms with Gasteiger partial charge < -0.3 is 15.1 Å². The predicted molar refractivity (Wildman–Crippen MR) is 130 cm³/mol. The summed E-state index contributed by atoms with van der Waals surface area (Å²) >= 11 is 6.08. The molecule has 0 radical (unpaired) electrons. The molecule has 2 saturated heterocycles. The lowest BCUT2D eigenvalue weighted by molar-refractivity contribution is -0.137. The molecular formula is C23H29ClFN5O3S. The molecule has 0 spiro atoms. The fourth-order valence-corrected chi connectivity index (χ4v) is 5.89. The summed E-state index contributed by atoms with van der Waals surface area (Å²) in [7, 11) is -3.66. The number of nitrogens with one attached hydrogen (secondary N) is 1. The van der Waals surface area contributed by atoms with E-state index in [0.29, 0.717) is 18.9 Å². The highest BCUT2D eigenvalue weighted by molar-refractivity contribution is 7.90. The van der Waals surface area contributed by atoms with Crippen molar-refractivity contribution in [3.8, 4) is 0 Å². The number of sulfone groups is 1. The van der Waals surface area contributed by atoms with E-state index >= 15 is 0 Å². The van der Waals surface area contributed by atoms with Gasteiger partial charge in [0.2, 0.25) is 11.9 Å². The molecule has 2 aliphatic rings. The summed E-state index contributed by atoms with van der Waals surface area (Å²) in [5.74, 6) is -0.113. The summed E-state index contributed by atoms with van der Waals surface area (Å²) in [5.41, 5.74) is 1.12. The van der Waals surface area contributed by atoms with Crippen molar-refractivity contribution in [1.82, 2.24) is 14.9 Å². The number of aromatic nitrogens is 2. The molecule has 8 nitrogen and oxygen atoms in total. The highest BCUT2D eigenvalue weighted by Gasteiger charge is 2.35. The number of carbonyl (C=O) groups is 1. The van der Waals surface area contributed by atoms with Gasteiger partial charge in [0.1, 0.15) is 11.9 Å². The maximum absolute atomic E-state index is 14.6. The number of aryl methyl sites for hydroxylation is 1. The minimum atomic E-state index is -3.66. The molecule has 0 unspecified atom stereocenters. The maximum Gasteiger partial charge on any atom is 0.245 e. The monoisotopic (exact) mass is 509 g/mol. The topological polar surface area (TPSA) is 95.5 Å². The zero-order valence-electron chi connectivity index (χ0n) is 19.3. The Labute approximate surface area is 204 Å². The van der Waals surface area contributed by atoms with Crippen LogP contribution in [0.15, 0.2) is 29.4 Å². The molecule has 2 aromatic rings. The van der Waals surface area contributed by atoms with E-state index in [4.69, 9.17) is 11.6 Å². The highest BCUT2D eigenvalue weighted by Crippen LogP contribution is 2.30. The van der Waals surface area contributed by atoms with E-state index in [-0.39, 0.29) is 27.6 Å². The molecule has 11 heteroatoms. The molecular weight excluding hydrogens is 481 g/mol. The molecule has 1 amide bonds. The summed E-state index contributed by atoms with van der Waals surface area (Å²) in [5, 5.41) is 2.88. The van der Waals surface area contributed by atoms with Crippen LogP contribution in [-0.4, -0.2) is 67.2 Å². The number of amides is 1. The lowest BCUT2D eigenvalue weighted by atomic mass is 9.97. The quantitative estimate of drug-likeness (QED) is 0.638. The Hall–Kier alpha value is -2.46. The number of nitrogens with zero attached hydrogens (tertiary/aromatic N) is 4. The Morgan fingerprint density at radius 2 is 1.82 bits per heavy atom. The number of benzene rings is 1. The van der Waals surface area contributed by atoms with Gasteiger partial charge in [0.25, 0.3) is 0 Å². The lowest BCUT2D eigenvalue weighted by Crippen LogP contribution is -2.54. The first-order chi connectivity index (χ1) is 16.2. The molecule has 1 aromatic carbocycles. The molecule has 0 aliphatic carbocycles. The normalized spacial score (nSPS) is 20.0. The zero-order chi connectivity index (χ0) is 24.5. The van der Waals surface area contributed by atoms with Crippen LogP contribution in [0.1, 0.15) is 38.2 Å². The zero-order valence-corrected chi connectivity index (χ0v) is 20.9. The second kappa shape index (κ2) is 10.0. The van der Waals surface area contributed by atoms with Crippen LogP contribution in [0.5, 0.6) is 0 Å². The molecule has 0 bridgehead atoms. The number of carbonyl (C=O) groups excluding carboxylic acids is 1. The SMILES string of the molecule is CCc1cnc(N2CCC(N3CCC[C@H](Nc4cc(Cl)c(S(C)(=O)=O)cc4F)C3=O)CC2)nc1. The minimum Gasteiger partial charge on any atom is -0.371 e. The van der Waals surface area contributed by atoms with E-state index in [2.05, 4.69) is 27.1 Å². The van der Waals surface area contributed by atoms with Crippen molar-refractivity contribution in [1.29, 1.82) is 0 Å². The third-order valence-corrected chi connectivity index (χ3v) is 8.07. The van der Waals surface area contributed by atoms with Crippen LogP contribution in [0.3, 0.4) is 0 Å². The van der Waals surface area contributed by atoms with E-state index in [1.54, 1.807) is 0 Å². The Bertz CT molecular complexity index is 1150. The van der Waals surface area contributed by atoms with Crippen LogP contribution in [-0.2, 0) is 21.1 Å². The van der Waals surface area contributed by atoms with Crippen LogP contribution < -0.4 is 10.2 Å². The van der Waals surface area contributed by atoms with Gasteiger partial charge in [-0.2, -0.15) is 0 Å². The van der Waals surface area contributed by atoms with Crippen molar-refractivity contribution in [2.45, 2.75) is 56.0 Å². The molecule has 1 N–H and O–H groups in total. The van der Waals surface area contributed by atoms with Crippen molar-refractivity contribution in [2.24, 2.45) is 0 Å². The molecule has 4 rings (SSSR count). The molecule has 3 heterocycles. The first-order valence-electron chi connectivity index (χ1n) is 11.5. The minimum absolute atomic E-state index is 0.0279. The molecule has 184 valence electrons. The molecule has 34 heavy (non-hydrogen) atoms. The second-order valence-electron chi connectivity index (χ2n) is 8.87. The Morgan fingerprint density at radius 1 is 1.15 bits per heavy atom. The van der Waals surface area contributed by atoms with Crippen molar-refractivity contribution in [2.75, 3.05) is 36.1 Å². The maximum atomic E-state index is 14.6. The number of hydrogen-bond donors (Lipinski definition) is 1. The van der Waals surface area contributed by atoms with E-state index in [0.717, 1.165) is 56.7 Å². The van der Waals surface area contributed by atoms with Crippen molar-refractivity contribution in [3.05, 3.63) is 40.9 Å². The number of rotatable bonds is 6. The highest BCUT2D eigenvalue weighted by atomic mass is 35.5. The average molecular weight is 510 g/mol. The van der Waals surface area contributed by atoms with E-state index in [1.165, 1.54) is 6.07 Å². The van der Waals surface area contributed by atoms with Crippen LogP contribution >= 0.6 is 11.6 Å². The van der Waals surface area contributed by atoms with Crippen molar-refractivity contribution < 1.29 is 17.6 Å². The van der Waals surface area contributed by atoms with Gasteiger partial charge in [0.05, 0.1) is 15.6 Å². The standard InChI is InChI=1S/C23H29ClFN5O3S/c1-3-15-13-26-23(27-14-15)29-9-6-16(7-10-29)30-8-4-5-19(22(30)31)28-20-11-17(24)21(12-18(20)25)34(2,32)33/h11-14,16,19,28H,3-10H2,1-2H3/t19-/m0/s1. The molecule has 2 fully saturated rings. The second-order valence-corrected chi connectivity index (χ2v) is 11.3. The van der Waals surface area contributed by atoms with Crippen molar-refractivity contribution >= 4 is 39.0 Å². The molecule has 1 aromatic heterocycles. The van der Waals surface area contributed by atoms with Gasteiger partial charge in [0, 0.05) is 44.3 Å². The number of hydrogen-bond acceptors (Lipinski definition) is 7. The first kappa shape index (κ1) is 24.7. The summed E-state index contributed by atoms with van der Waals surface area (Å²) in [4.78, 5) is 25.9.